The highest BCUT2D eigenvalue weighted by Crippen LogP contribution is 2.32. The van der Waals surface area contributed by atoms with Gasteiger partial charge in [-0.25, -0.2) is 4.79 Å². The minimum atomic E-state index is -0.378. The fraction of sp³-hybridized carbons (Fsp3) is 0.263. The van der Waals surface area contributed by atoms with E-state index in [4.69, 9.17) is 22.1 Å². The Morgan fingerprint density at radius 2 is 2.07 bits per heavy atom. The lowest BCUT2D eigenvalue weighted by atomic mass is 10.1. The number of fused-ring (bicyclic) bond motifs is 1. The molecular weight excluding hydrogens is 368 g/mol. The first kappa shape index (κ1) is 18.8. The predicted octanol–water partition coefficient (Wildman–Crippen LogP) is 3.28. The lowest BCUT2D eigenvalue weighted by Gasteiger charge is -2.18. The van der Waals surface area contributed by atoms with Crippen molar-refractivity contribution >= 4 is 40.6 Å². The molecule has 4 N–H and O–H groups in total. The first-order valence-electron chi connectivity index (χ1n) is 8.57. The Hall–Kier alpha value is -2.93. The lowest BCUT2D eigenvalue weighted by molar-refractivity contribution is 0.102. The Morgan fingerprint density at radius 3 is 2.78 bits per heavy atom. The molecule has 2 aromatic rings. The van der Waals surface area contributed by atoms with Crippen molar-refractivity contribution in [3.63, 3.8) is 0 Å². The van der Waals surface area contributed by atoms with Gasteiger partial charge in [0, 0.05) is 24.8 Å². The number of anilines is 3. The van der Waals surface area contributed by atoms with Gasteiger partial charge in [-0.3, -0.25) is 9.69 Å². The van der Waals surface area contributed by atoms with Crippen LogP contribution in [-0.4, -0.2) is 32.1 Å². The van der Waals surface area contributed by atoms with Crippen molar-refractivity contribution in [3.05, 3.63) is 46.5 Å². The van der Waals surface area contributed by atoms with Gasteiger partial charge in [0.25, 0.3) is 5.91 Å². The SMILES string of the molecule is CCNC(=O)N1CCc2ccc(NC(=O)c3cc(Cl)c(N)cc3OC)cc21. The van der Waals surface area contributed by atoms with E-state index in [2.05, 4.69) is 10.6 Å². The van der Waals surface area contributed by atoms with Gasteiger partial charge in [-0.1, -0.05) is 17.7 Å². The van der Waals surface area contributed by atoms with E-state index in [-0.39, 0.29) is 22.5 Å². The van der Waals surface area contributed by atoms with E-state index >= 15 is 0 Å². The van der Waals surface area contributed by atoms with Gasteiger partial charge in [-0.05, 0) is 37.1 Å². The molecule has 0 unspecified atom stereocenters. The molecule has 0 saturated heterocycles. The highest BCUT2D eigenvalue weighted by atomic mass is 35.5. The topological polar surface area (TPSA) is 96.7 Å². The summed E-state index contributed by atoms with van der Waals surface area (Å²) in [6.45, 7) is 3.04. The highest BCUT2D eigenvalue weighted by molar-refractivity contribution is 6.33. The van der Waals surface area contributed by atoms with E-state index in [0.29, 0.717) is 30.2 Å². The molecule has 0 spiro atoms. The van der Waals surface area contributed by atoms with E-state index in [1.54, 1.807) is 11.0 Å². The van der Waals surface area contributed by atoms with Crippen molar-refractivity contribution in [2.24, 2.45) is 0 Å². The zero-order chi connectivity index (χ0) is 19.6. The normalized spacial score (nSPS) is 12.5. The van der Waals surface area contributed by atoms with Gasteiger partial charge in [0.1, 0.15) is 5.75 Å². The van der Waals surface area contributed by atoms with Crippen LogP contribution in [-0.2, 0) is 6.42 Å². The molecule has 7 nitrogen and oxygen atoms in total. The first-order valence-corrected chi connectivity index (χ1v) is 8.95. The molecule has 3 rings (SSSR count). The van der Waals surface area contributed by atoms with E-state index in [1.807, 2.05) is 19.1 Å². The summed E-state index contributed by atoms with van der Waals surface area (Å²) < 4.78 is 5.23. The van der Waals surface area contributed by atoms with Crippen LogP contribution >= 0.6 is 11.6 Å². The smallest absolute Gasteiger partial charge is 0.321 e. The summed E-state index contributed by atoms with van der Waals surface area (Å²) in [6.07, 6.45) is 0.780. The highest BCUT2D eigenvalue weighted by Gasteiger charge is 2.25. The summed E-state index contributed by atoms with van der Waals surface area (Å²) >= 11 is 6.04. The number of ether oxygens (including phenoxy) is 1. The minimum Gasteiger partial charge on any atom is -0.496 e. The summed E-state index contributed by atoms with van der Waals surface area (Å²) in [5.41, 5.74) is 8.80. The molecule has 27 heavy (non-hydrogen) atoms. The molecular formula is C19H21ClN4O3. The predicted molar refractivity (Wildman–Crippen MR) is 107 cm³/mol. The van der Waals surface area contributed by atoms with Crippen molar-refractivity contribution in [1.29, 1.82) is 0 Å². The number of rotatable bonds is 4. The van der Waals surface area contributed by atoms with Crippen LogP contribution in [0.3, 0.4) is 0 Å². The van der Waals surface area contributed by atoms with Crippen LogP contribution in [0.5, 0.6) is 5.75 Å². The number of urea groups is 1. The number of methoxy groups -OCH3 is 1. The molecule has 8 heteroatoms. The molecule has 0 atom stereocenters. The molecule has 0 radical (unpaired) electrons. The molecule has 0 aliphatic carbocycles. The average Bonchev–Trinajstić information content (AvgIpc) is 3.07. The maximum atomic E-state index is 12.7. The zero-order valence-electron chi connectivity index (χ0n) is 15.1. The number of benzene rings is 2. The Labute approximate surface area is 162 Å². The number of hydrogen-bond acceptors (Lipinski definition) is 4. The molecule has 0 fully saturated rings. The number of carbonyl (C=O) groups excluding carboxylic acids is 2. The van der Waals surface area contributed by atoms with E-state index in [9.17, 15) is 9.59 Å². The van der Waals surface area contributed by atoms with E-state index in [1.165, 1.54) is 19.2 Å². The number of carbonyl (C=O) groups is 2. The van der Waals surface area contributed by atoms with Gasteiger partial charge in [-0.2, -0.15) is 0 Å². The third-order valence-corrected chi connectivity index (χ3v) is 4.70. The number of nitrogens with one attached hydrogen (secondary N) is 2. The van der Waals surface area contributed by atoms with Crippen LogP contribution < -0.4 is 26.0 Å². The Morgan fingerprint density at radius 1 is 1.30 bits per heavy atom. The molecule has 1 aliphatic rings. The quantitative estimate of drug-likeness (QED) is 0.700. The third-order valence-electron chi connectivity index (χ3n) is 4.38. The van der Waals surface area contributed by atoms with Crippen LogP contribution in [0, 0.1) is 0 Å². The van der Waals surface area contributed by atoms with Crippen LogP contribution in [0.2, 0.25) is 5.02 Å². The van der Waals surface area contributed by atoms with Crippen molar-refractivity contribution in [2.75, 3.05) is 36.1 Å². The number of amides is 3. The molecule has 2 aromatic carbocycles. The van der Waals surface area contributed by atoms with Crippen molar-refractivity contribution < 1.29 is 14.3 Å². The number of nitrogens with two attached hydrogens (primary N) is 1. The number of halogens is 1. The molecule has 1 heterocycles. The van der Waals surface area contributed by atoms with Crippen LogP contribution in [0.25, 0.3) is 0 Å². The van der Waals surface area contributed by atoms with E-state index < -0.39 is 0 Å². The Kier molecular flexibility index (Phi) is 5.41. The van der Waals surface area contributed by atoms with Gasteiger partial charge >= 0.3 is 6.03 Å². The maximum Gasteiger partial charge on any atom is 0.321 e. The van der Waals surface area contributed by atoms with Crippen LogP contribution in [0.15, 0.2) is 30.3 Å². The number of hydrogen-bond donors (Lipinski definition) is 3. The number of nitrogen functional groups attached to an aromatic ring is 1. The van der Waals surface area contributed by atoms with Gasteiger partial charge in [0.15, 0.2) is 0 Å². The monoisotopic (exact) mass is 388 g/mol. The number of nitrogens with zero attached hydrogens (tertiary/aromatic N) is 1. The van der Waals surface area contributed by atoms with Gasteiger partial charge in [-0.15, -0.1) is 0 Å². The largest absolute Gasteiger partial charge is 0.496 e. The maximum absolute atomic E-state index is 12.7. The fourth-order valence-corrected chi connectivity index (χ4v) is 3.19. The summed E-state index contributed by atoms with van der Waals surface area (Å²) in [5, 5.41) is 5.90. The van der Waals surface area contributed by atoms with Gasteiger partial charge < -0.3 is 21.1 Å². The van der Waals surface area contributed by atoms with Crippen LogP contribution in [0.1, 0.15) is 22.8 Å². The van der Waals surface area contributed by atoms with Crippen LogP contribution in [0.4, 0.5) is 21.9 Å². The molecule has 142 valence electrons. The second-order valence-corrected chi connectivity index (χ2v) is 6.52. The third kappa shape index (κ3) is 3.78. The fourth-order valence-electron chi connectivity index (χ4n) is 3.03. The standard InChI is InChI=1S/C19H21ClN4O3/c1-3-22-19(26)24-7-6-11-4-5-12(8-16(11)24)23-18(25)13-9-14(20)15(21)10-17(13)27-2/h4-5,8-10H,3,6-7,21H2,1-2H3,(H,22,26)(H,23,25). The summed E-state index contributed by atoms with van der Waals surface area (Å²) in [6, 6.07) is 8.35. The van der Waals surface area contributed by atoms with Crippen molar-refractivity contribution in [3.8, 4) is 5.75 Å². The van der Waals surface area contributed by atoms with Gasteiger partial charge in [0.05, 0.1) is 29.1 Å². The van der Waals surface area contributed by atoms with Crippen molar-refractivity contribution in [2.45, 2.75) is 13.3 Å². The Bertz CT molecular complexity index is 901. The molecule has 0 saturated carbocycles. The minimum absolute atomic E-state index is 0.147. The summed E-state index contributed by atoms with van der Waals surface area (Å²) in [7, 11) is 1.46. The molecule has 3 amide bonds. The average molecular weight is 389 g/mol. The molecule has 1 aliphatic heterocycles. The van der Waals surface area contributed by atoms with Crippen molar-refractivity contribution in [1.82, 2.24) is 5.32 Å². The first-order chi connectivity index (χ1) is 12.9. The zero-order valence-corrected chi connectivity index (χ0v) is 15.9. The lowest BCUT2D eigenvalue weighted by Crippen LogP contribution is -2.38. The van der Waals surface area contributed by atoms with Gasteiger partial charge in [0.2, 0.25) is 0 Å². The van der Waals surface area contributed by atoms with E-state index in [0.717, 1.165) is 17.7 Å². The molecule has 0 bridgehead atoms. The summed E-state index contributed by atoms with van der Waals surface area (Å²) in [4.78, 5) is 26.6. The Balaban J connectivity index is 1.85. The summed E-state index contributed by atoms with van der Waals surface area (Å²) in [5.74, 6) is -0.0456. The second-order valence-electron chi connectivity index (χ2n) is 6.11. The second kappa shape index (κ2) is 7.75. The molecule has 0 aromatic heterocycles.